The molecule has 0 spiro atoms. The van der Waals surface area contributed by atoms with Gasteiger partial charge < -0.3 is 20.3 Å². The van der Waals surface area contributed by atoms with E-state index in [2.05, 4.69) is 4.98 Å². The largest absolute Gasteiger partial charge is 0.444 e. The Morgan fingerprint density at radius 2 is 1.87 bits per heavy atom. The Balaban J connectivity index is 1.98. The Labute approximate surface area is 134 Å². The molecule has 8 heteroatoms. The lowest BCUT2D eigenvalue weighted by Crippen LogP contribution is -2.50. The van der Waals surface area contributed by atoms with Gasteiger partial charge in [-0.2, -0.15) is 0 Å². The Bertz CT molecular complexity index is 607. The van der Waals surface area contributed by atoms with Crippen molar-refractivity contribution < 1.29 is 18.7 Å². The molecule has 2 heterocycles. The molecule has 0 aliphatic carbocycles. The average molecular weight is 324 g/mol. The quantitative estimate of drug-likeness (QED) is 0.888. The number of pyridine rings is 1. The summed E-state index contributed by atoms with van der Waals surface area (Å²) >= 11 is 0. The third-order valence-electron chi connectivity index (χ3n) is 3.36. The minimum Gasteiger partial charge on any atom is -0.444 e. The van der Waals surface area contributed by atoms with Crippen molar-refractivity contribution in [1.82, 2.24) is 9.88 Å². The number of amides is 2. The lowest BCUT2D eigenvalue weighted by molar-refractivity contribution is 0.0240. The number of carbonyl (C=O) groups excluding carboxylic acids is 2. The number of piperazine rings is 1. The smallest absolute Gasteiger partial charge is 0.410 e. The van der Waals surface area contributed by atoms with E-state index < -0.39 is 17.3 Å². The molecule has 1 aliphatic heterocycles. The number of hydrogen-bond donors (Lipinski definition) is 1. The third-order valence-corrected chi connectivity index (χ3v) is 3.36. The zero-order chi connectivity index (χ0) is 17.2. The van der Waals surface area contributed by atoms with E-state index >= 15 is 0 Å². The molecule has 0 aromatic carbocycles. The number of hydrogen-bond acceptors (Lipinski definition) is 5. The van der Waals surface area contributed by atoms with Crippen molar-refractivity contribution in [1.29, 1.82) is 0 Å². The topological polar surface area (TPSA) is 88.8 Å². The van der Waals surface area contributed by atoms with E-state index in [4.69, 9.17) is 10.5 Å². The van der Waals surface area contributed by atoms with E-state index in [1.807, 2.05) is 25.7 Å². The average Bonchev–Trinajstić information content (AvgIpc) is 2.45. The standard InChI is InChI=1S/C15H21FN4O3/c1-15(2,3)23-14(22)20-6-4-19(5-7-20)10-8-11(16)12(13(17)21)18-9-10/h8-9H,4-7H2,1-3H3,(H2,17,21). The van der Waals surface area contributed by atoms with Gasteiger partial charge in [0.05, 0.1) is 11.9 Å². The number of ether oxygens (including phenoxy) is 1. The second-order valence-corrected chi connectivity index (χ2v) is 6.34. The van der Waals surface area contributed by atoms with Gasteiger partial charge in [0.15, 0.2) is 11.5 Å². The Hall–Kier alpha value is -2.38. The minimum absolute atomic E-state index is 0.356. The number of anilines is 1. The number of aromatic nitrogens is 1. The molecule has 126 valence electrons. The van der Waals surface area contributed by atoms with Crippen LogP contribution < -0.4 is 10.6 Å². The first kappa shape index (κ1) is 17.0. The van der Waals surface area contributed by atoms with E-state index in [9.17, 15) is 14.0 Å². The maximum Gasteiger partial charge on any atom is 0.410 e. The van der Waals surface area contributed by atoms with Gasteiger partial charge in [-0.1, -0.05) is 0 Å². The highest BCUT2D eigenvalue weighted by Gasteiger charge is 2.26. The van der Waals surface area contributed by atoms with Gasteiger partial charge in [-0.05, 0) is 20.8 Å². The van der Waals surface area contributed by atoms with E-state index in [1.54, 1.807) is 4.90 Å². The van der Waals surface area contributed by atoms with Crippen LogP contribution >= 0.6 is 0 Å². The molecule has 2 rings (SSSR count). The second kappa shape index (κ2) is 6.39. The molecular weight excluding hydrogens is 303 g/mol. The Morgan fingerprint density at radius 1 is 1.26 bits per heavy atom. The summed E-state index contributed by atoms with van der Waals surface area (Å²) < 4.78 is 19.1. The number of nitrogens with zero attached hydrogens (tertiary/aromatic N) is 3. The molecule has 0 unspecified atom stereocenters. The molecular formula is C15H21FN4O3. The monoisotopic (exact) mass is 324 g/mol. The van der Waals surface area contributed by atoms with E-state index in [1.165, 1.54) is 12.3 Å². The molecule has 2 amide bonds. The summed E-state index contributed by atoms with van der Waals surface area (Å²) in [6.07, 6.45) is 1.05. The first-order chi connectivity index (χ1) is 10.7. The lowest BCUT2D eigenvalue weighted by atomic mass is 10.2. The van der Waals surface area contributed by atoms with Gasteiger partial charge in [-0.3, -0.25) is 4.79 Å². The van der Waals surface area contributed by atoms with Crippen molar-refractivity contribution in [3.63, 3.8) is 0 Å². The summed E-state index contributed by atoms with van der Waals surface area (Å²) in [7, 11) is 0. The normalized spacial score (nSPS) is 15.5. The van der Waals surface area contributed by atoms with Crippen LogP contribution in [0.4, 0.5) is 14.9 Å². The molecule has 2 N–H and O–H groups in total. The minimum atomic E-state index is -0.899. The fraction of sp³-hybridized carbons (Fsp3) is 0.533. The van der Waals surface area contributed by atoms with Crippen molar-refractivity contribution in [3.8, 4) is 0 Å². The highest BCUT2D eigenvalue weighted by atomic mass is 19.1. The van der Waals surface area contributed by atoms with Gasteiger partial charge in [-0.15, -0.1) is 0 Å². The van der Waals surface area contributed by atoms with Gasteiger partial charge in [0.2, 0.25) is 0 Å². The molecule has 7 nitrogen and oxygen atoms in total. The molecule has 0 radical (unpaired) electrons. The molecule has 1 aromatic rings. The molecule has 1 saturated heterocycles. The van der Waals surface area contributed by atoms with Crippen molar-refractivity contribution in [2.75, 3.05) is 31.1 Å². The van der Waals surface area contributed by atoms with Gasteiger partial charge in [0.25, 0.3) is 5.91 Å². The zero-order valence-corrected chi connectivity index (χ0v) is 13.5. The van der Waals surface area contributed by atoms with Crippen LogP contribution in [-0.2, 0) is 4.74 Å². The molecule has 1 aliphatic rings. The maximum absolute atomic E-state index is 13.8. The predicted molar refractivity (Wildman–Crippen MR) is 82.7 cm³/mol. The van der Waals surface area contributed by atoms with Crippen LogP contribution in [0.3, 0.4) is 0 Å². The summed E-state index contributed by atoms with van der Waals surface area (Å²) in [5, 5.41) is 0. The number of primary amides is 1. The Morgan fingerprint density at radius 3 is 2.35 bits per heavy atom. The van der Waals surface area contributed by atoms with E-state index in [0.29, 0.717) is 31.9 Å². The molecule has 0 atom stereocenters. The summed E-state index contributed by atoms with van der Waals surface area (Å²) in [6, 6.07) is 1.23. The van der Waals surface area contributed by atoms with Gasteiger partial charge in [0.1, 0.15) is 5.60 Å². The van der Waals surface area contributed by atoms with Crippen LogP contribution in [0, 0.1) is 5.82 Å². The summed E-state index contributed by atoms with van der Waals surface area (Å²) in [5.41, 5.74) is 4.67. The van der Waals surface area contributed by atoms with Crippen LogP contribution in [0.25, 0.3) is 0 Å². The van der Waals surface area contributed by atoms with E-state index in [0.717, 1.165) is 0 Å². The third kappa shape index (κ3) is 4.30. The summed E-state index contributed by atoms with van der Waals surface area (Å²) in [4.78, 5) is 30.2. The van der Waals surface area contributed by atoms with Crippen LogP contribution in [-0.4, -0.2) is 53.7 Å². The number of nitrogens with two attached hydrogens (primary N) is 1. The fourth-order valence-electron chi connectivity index (χ4n) is 2.26. The molecule has 1 aromatic heterocycles. The van der Waals surface area contributed by atoms with Crippen LogP contribution in [0.5, 0.6) is 0 Å². The SMILES string of the molecule is CC(C)(C)OC(=O)N1CCN(c2cnc(C(N)=O)c(F)c2)CC1. The van der Waals surface area contributed by atoms with Crippen LogP contribution in [0.2, 0.25) is 0 Å². The number of carbonyl (C=O) groups is 2. The van der Waals surface area contributed by atoms with Gasteiger partial charge >= 0.3 is 6.09 Å². The molecule has 0 bridgehead atoms. The van der Waals surface area contributed by atoms with Crippen LogP contribution in [0.15, 0.2) is 12.3 Å². The lowest BCUT2D eigenvalue weighted by Gasteiger charge is -2.36. The van der Waals surface area contributed by atoms with Gasteiger partial charge in [0, 0.05) is 32.2 Å². The summed E-state index contributed by atoms with van der Waals surface area (Å²) in [6.45, 7) is 7.43. The number of rotatable bonds is 2. The number of halogens is 1. The second-order valence-electron chi connectivity index (χ2n) is 6.34. The fourth-order valence-corrected chi connectivity index (χ4v) is 2.26. The first-order valence-electron chi connectivity index (χ1n) is 7.35. The molecule has 1 fully saturated rings. The van der Waals surface area contributed by atoms with E-state index in [-0.39, 0.29) is 11.8 Å². The molecule has 0 saturated carbocycles. The first-order valence-corrected chi connectivity index (χ1v) is 7.35. The highest BCUT2D eigenvalue weighted by molar-refractivity contribution is 5.91. The highest BCUT2D eigenvalue weighted by Crippen LogP contribution is 2.19. The van der Waals surface area contributed by atoms with Crippen molar-refractivity contribution in [3.05, 3.63) is 23.8 Å². The Kier molecular flexibility index (Phi) is 4.72. The zero-order valence-electron chi connectivity index (χ0n) is 13.5. The van der Waals surface area contributed by atoms with Crippen LogP contribution in [0.1, 0.15) is 31.3 Å². The van der Waals surface area contributed by atoms with Crippen molar-refractivity contribution in [2.45, 2.75) is 26.4 Å². The van der Waals surface area contributed by atoms with Gasteiger partial charge in [-0.25, -0.2) is 14.2 Å². The summed E-state index contributed by atoms with van der Waals surface area (Å²) in [5.74, 6) is -1.65. The van der Waals surface area contributed by atoms with Crippen molar-refractivity contribution >= 4 is 17.7 Å². The van der Waals surface area contributed by atoms with Crippen molar-refractivity contribution in [2.24, 2.45) is 5.73 Å². The predicted octanol–water partition coefficient (Wildman–Crippen LogP) is 1.38. The molecule has 23 heavy (non-hydrogen) atoms. The maximum atomic E-state index is 13.8.